The highest BCUT2D eigenvalue weighted by atomic mass is 35.5. The van der Waals surface area contributed by atoms with E-state index in [1.807, 2.05) is 0 Å². The highest BCUT2D eigenvalue weighted by Gasteiger charge is 2.26. The third-order valence-electron chi connectivity index (χ3n) is 3.05. The Hall–Kier alpha value is -0.510. The van der Waals surface area contributed by atoms with Gasteiger partial charge < -0.3 is 4.90 Å². The van der Waals surface area contributed by atoms with Gasteiger partial charge in [0.2, 0.25) is 0 Å². The molecule has 0 bridgehead atoms. The fourth-order valence-electron chi connectivity index (χ4n) is 2.18. The number of nitrogens with zero attached hydrogens (tertiary/aromatic N) is 2. The predicted octanol–water partition coefficient (Wildman–Crippen LogP) is 3.03. The number of alkyl halides is 1. The zero-order chi connectivity index (χ0) is 12.4. The van der Waals surface area contributed by atoms with Crippen molar-refractivity contribution in [2.24, 2.45) is 5.92 Å². The molecule has 1 unspecified atom stereocenters. The summed E-state index contributed by atoms with van der Waals surface area (Å²) in [7, 11) is 1.81. The number of amides is 1. The average Bonchev–Trinajstić information content (AvgIpc) is 2.40. The van der Waals surface area contributed by atoms with Gasteiger partial charge in [-0.3, -0.25) is 9.78 Å². The predicted molar refractivity (Wildman–Crippen MR) is 76.0 cm³/mol. The first-order valence-corrected chi connectivity index (χ1v) is 6.49. The van der Waals surface area contributed by atoms with Gasteiger partial charge in [0.05, 0.1) is 16.3 Å². The Labute approximate surface area is 123 Å². The van der Waals surface area contributed by atoms with E-state index in [1.165, 1.54) is 0 Å². The van der Waals surface area contributed by atoms with E-state index in [1.54, 1.807) is 24.2 Å². The number of carbonyl (C=O) groups excluding carboxylic acids is 1. The second-order valence-electron chi connectivity index (χ2n) is 4.38. The van der Waals surface area contributed by atoms with Crippen LogP contribution in [0.4, 0.5) is 0 Å². The molecular weight excluding hydrogens is 295 g/mol. The Balaban J connectivity index is 0.00000162. The van der Waals surface area contributed by atoms with Crippen molar-refractivity contribution in [1.82, 2.24) is 9.88 Å². The van der Waals surface area contributed by atoms with Gasteiger partial charge in [-0.1, -0.05) is 11.6 Å². The van der Waals surface area contributed by atoms with E-state index >= 15 is 0 Å². The Morgan fingerprint density at radius 3 is 2.94 bits per heavy atom. The second-order valence-corrected chi connectivity index (χ2v) is 5.20. The summed E-state index contributed by atoms with van der Waals surface area (Å²) in [6, 6.07) is 1.70. The largest absolute Gasteiger partial charge is 0.341 e. The molecule has 18 heavy (non-hydrogen) atoms. The van der Waals surface area contributed by atoms with Crippen molar-refractivity contribution >= 4 is 41.5 Å². The molecule has 1 amide bonds. The molecule has 2 heterocycles. The van der Waals surface area contributed by atoms with Crippen LogP contribution in [0.25, 0.3) is 0 Å². The van der Waals surface area contributed by atoms with Crippen LogP contribution in [0, 0.1) is 5.92 Å². The van der Waals surface area contributed by atoms with Gasteiger partial charge in [-0.2, -0.15) is 0 Å². The van der Waals surface area contributed by atoms with E-state index in [9.17, 15) is 4.79 Å². The summed E-state index contributed by atoms with van der Waals surface area (Å²) in [5.41, 5.74) is 1.45. The molecule has 1 aromatic rings. The first-order valence-electron chi connectivity index (χ1n) is 5.57. The molecule has 0 aliphatic carbocycles. The number of fused-ring (bicyclic) bond motifs is 1. The summed E-state index contributed by atoms with van der Waals surface area (Å²) < 4.78 is 0. The molecular formula is C12H15Cl3N2O. The van der Waals surface area contributed by atoms with E-state index in [-0.39, 0.29) is 18.3 Å². The van der Waals surface area contributed by atoms with E-state index < -0.39 is 0 Å². The molecule has 0 spiro atoms. The van der Waals surface area contributed by atoms with E-state index in [0.29, 0.717) is 22.4 Å². The summed E-state index contributed by atoms with van der Waals surface area (Å²) in [5.74, 6) is 0.971. The normalized spacial score (nSPS) is 18.9. The lowest BCUT2D eigenvalue weighted by Gasteiger charge is -2.19. The molecule has 0 radical (unpaired) electrons. The van der Waals surface area contributed by atoms with Gasteiger partial charge in [-0.05, 0) is 24.8 Å². The van der Waals surface area contributed by atoms with E-state index in [4.69, 9.17) is 23.2 Å². The standard InChI is InChI=1S/C12H14Cl2N2O.ClH/c1-16-7-8(2-3-13)4-11-10(12(16)17)5-9(14)6-15-11;/h5-6,8H,2-4,7H2,1H3;1H. The first kappa shape index (κ1) is 15.5. The third-order valence-corrected chi connectivity index (χ3v) is 3.47. The Bertz CT molecular complexity index is 439. The van der Waals surface area contributed by atoms with Crippen LogP contribution in [0.2, 0.25) is 5.02 Å². The van der Waals surface area contributed by atoms with Gasteiger partial charge in [0.25, 0.3) is 5.91 Å². The minimum Gasteiger partial charge on any atom is -0.341 e. The summed E-state index contributed by atoms with van der Waals surface area (Å²) in [6.07, 6.45) is 3.27. The fraction of sp³-hybridized carbons (Fsp3) is 0.500. The molecule has 1 aromatic heterocycles. The average molecular weight is 310 g/mol. The molecule has 6 heteroatoms. The summed E-state index contributed by atoms with van der Waals surface area (Å²) in [5, 5.41) is 0.501. The van der Waals surface area contributed by atoms with Crippen LogP contribution < -0.4 is 0 Å². The lowest BCUT2D eigenvalue weighted by atomic mass is 9.99. The van der Waals surface area contributed by atoms with Crippen molar-refractivity contribution in [3.8, 4) is 0 Å². The maximum Gasteiger partial charge on any atom is 0.255 e. The van der Waals surface area contributed by atoms with Gasteiger partial charge in [0.15, 0.2) is 0 Å². The Kier molecular flexibility index (Phi) is 5.70. The van der Waals surface area contributed by atoms with Crippen LogP contribution in [-0.2, 0) is 6.42 Å². The van der Waals surface area contributed by atoms with E-state index in [0.717, 1.165) is 25.1 Å². The number of rotatable bonds is 2. The van der Waals surface area contributed by atoms with Gasteiger partial charge in [0, 0.05) is 25.7 Å². The van der Waals surface area contributed by atoms with Crippen molar-refractivity contribution in [1.29, 1.82) is 0 Å². The van der Waals surface area contributed by atoms with Crippen LogP contribution in [0.1, 0.15) is 22.5 Å². The molecule has 2 rings (SSSR count). The van der Waals surface area contributed by atoms with Crippen molar-refractivity contribution in [3.05, 3.63) is 28.5 Å². The SMILES string of the molecule is CN1CC(CCCl)Cc2ncc(Cl)cc2C1=O.Cl. The van der Waals surface area contributed by atoms with E-state index in [2.05, 4.69) is 4.98 Å². The molecule has 1 aliphatic heterocycles. The second kappa shape index (κ2) is 6.60. The highest BCUT2D eigenvalue weighted by molar-refractivity contribution is 6.30. The Morgan fingerprint density at radius 2 is 2.28 bits per heavy atom. The first-order chi connectivity index (χ1) is 8.11. The van der Waals surface area contributed by atoms with Gasteiger partial charge in [-0.15, -0.1) is 24.0 Å². The van der Waals surface area contributed by atoms with Crippen LogP contribution in [-0.4, -0.2) is 35.3 Å². The Morgan fingerprint density at radius 1 is 1.56 bits per heavy atom. The number of carbonyl (C=O) groups is 1. The minimum absolute atomic E-state index is 0. The summed E-state index contributed by atoms with van der Waals surface area (Å²) in [4.78, 5) is 18.1. The quantitative estimate of drug-likeness (QED) is 0.787. The number of halogens is 3. The number of pyridine rings is 1. The van der Waals surface area contributed by atoms with Crippen LogP contribution in [0.15, 0.2) is 12.3 Å². The minimum atomic E-state index is -0.00734. The monoisotopic (exact) mass is 308 g/mol. The smallest absolute Gasteiger partial charge is 0.255 e. The zero-order valence-corrected chi connectivity index (χ0v) is 12.4. The summed E-state index contributed by atoms with van der Waals surface area (Å²) in [6.45, 7) is 0.722. The third kappa shape index (κ3) is 3.28. The van der Waals surface area contributed by atoms with Gasteiger partial charge in [-0.25, -0.2) is 0 Å². The lowest BCUT2D eigenvalue weighted by molar-refractivity contribution is 0.0782. The molecule has 100 valence electrons. The maximum atomic E-state index is 12.1. The topological polar surface area (TPSA) is 33.2 Å². The van der Waals surface area contributed by atoms with Crippen LogP contribution in [0.5, 0.6) is 0 Å². The van der Waals surface area contributed by atoms with Crippen LogP contribution >= 0.6 is 35.6 Å². The van der Waals surface area contributed by atoms with Crippen molar-refractivity contribution in [2.45, 2.75) is 12.8 Å². The van der Waals surface area contributed by atoms with Crippen molar-refractivity contribution in [3.63, 3.8) is 0 Å². The molecule has 0 N–H and O–H groups in total. The fourth-order valence-corrected chi connectivity index (χ4v) is 2.64. The maximum absolute atomic E-state index is 12.1. The molecule has 0 saturated carbocycles. The van der Waals surface area contributed by atoms with Gasteiger partial charge >= 0.3 is 0 Å². The molecule has 0 saturated heterocycles. The zero-order valence-electron chi connectivity index (χ0n) is 10.0. The van der Waals surface area contributed by atoms with Crippen LogP contribution in [0.3, 0.4) is 0 Å². The number of hydrogen-bond donors (Lipinski definition) is 0. The molecule has 3 nitrogen and oxygen atoms in total. The van der Waals surface area contributed by atoms with Crippen molar-refractivity contribution < 1.29 is 4.79 Å². The number of aromatic nitrogens is 1. The lowest BCUT2D eigenvalue weighted by Crippen LogP contribution is -2.30. The highest BCUT2D eigenvalue weighted by Crippen LogP contribution is 2.24. The van der Waals surface area contributed by atoms with Gasteiger partial charge in [0.1, 0.15) is 0 Å². The number of hydrogen-bond acceptors (Lipinski definition) is 2. The van der Waals surface area contributed by atoms with Crippen molar-refractivity contribution in [2.75, 3.05) is 19.5 Å². The molecule has 1 atom stereocenters. The molecule has 0 fully saturated rings. The molecule has 0 aromatic carbocycles. The molecule has 1 aliphatic rings. The summed E-state index contributed by atoms with van der Waals surface area (Å²) >= 11 is 11.7.